The Bertz CT molecular complexity index is 888. The van der Waals surface area contributed by atoms with Crippen LogP contribution < -0.4 is 10.6 Å². The molecule has 0 aliphatic heterocycles. The molecule has 0 radical (unpaired) electrons. The number of hydrogen-bond acceptors (Lipinski definition) is 1. The fourth-order valence-electron chi connectivity index (χ4n) is 3.06. The molecule has 1 heterocycles. The Morgan fingerprint density at radius 3 is 2.80 bits per heavy atom. The quantitative estimate of drug-likeness (QED) is 0.564. The van der Waals surface area contributed by atoms with Gasteiger partial charge in [-0.1, -0.05) is 46.3 Å². The van der Waals surface area contributed by atoms with Gasteiger partial charge in [0.25, 0.3) is 0 Å². The molecule has 0 aliphatic rings. The lowest BCUT2D eigenvalue weighted by Crippen LogP contribution is -2.38. The van der Waals surface area contributed by atoms with Crippen molar-refractivity contribution in [1.29, 1.82) is 0 Å². The van der Waals surface area contributed by atoms with Crippen molar-refractivity contribution in [1.82, 2.24) is 15.6 Å². The molecule has 1 unspecified atom stereocenters. The largest absolute Gasteiger partial charge is 0.358 e. The van der Waals surface area contributed by atoms with Gasteiger partial charge >= 0.3 is 6.03 Å². The van der Waals surface area contributed by atoms with Crippen LogP contribution in [0.15, 0.2) is 53.0 Å². The Kier molecular flexibility index (Phi) is 5.43. The van der Waals surface area contributed by atoms with Gasteiger partial charge in [0, 0.05) is 27.6 Å². The lowest BCUT2D eigenvalue weighted by molar-refractivity contribution is 0.238. The molecule has 130 valence electrons. The summed E-state index contributed by atoms with van der Waals surface area (Å²) in [4.78, 5) is 15.5. The minimum atomic E-state index is -0.148. The Morgan fingerprint density at radius 1 is 1.20 bits per heavy atom. The number of urea groups is 1. The number of carbonyl (C=O) groups excluding carboxylic acids is 1. The second-order valence-corrected chi connectivity index (χ2v) is 7.12. The first-order valence-corrected chi connectivity index (χ1v) is 9.20. The Morgan fingerprint density at radius 2 is 2.00 bits per heavy atom. The van der Waals surface area contributed by atoms with Crippen LogP contribution in [0.1, 0.15) is 29.8 Å². The molecule has 2 aromatic carbocycles. The number of H-pyrrole nitrogens is 1. The first kappa shape index (κ1) is 17.5. The van der Waals surface area contributed by atoms with Gasteiger partial charge in [-0.15, -0.1) is 0 Å². The summed E-state index contributed by atoms with van der Waals surface area (Å²) >= 11 is 3.46. The smallest absolute Gasteiger partial charge is 0.315 e. The van der Waals surface area contributed by atoms with Gasteiger partial charge in [-0.05, 0) is 49.6 Å². The summed E-state index contributed by atoms with van der Waals surface area (Å²) < 4.78 is 1.01. The number of para-hydroxylation sites is 1. The standard InChI is InChI=1S/C20H22BrN3O/c1-13(15-6-5-7-16(21)12-15)24-20(25)22-11-10-17-14(2)23-19-9-4-3-8-18(17)19/h3-9,12-13,23H,10-11H2,1-2H3,(H2,22,24,25). The molecule has 0 saturated heterocycles. The van der Waals surface area contributed by atoms with Crippen molar-refractivity contribution in [3.63, 3.8) is 0 Å². The van der Waals surface area contributed by atoms with E-state index < -0.39 is 0 Å². The molecule has 3 aromatic rings. The molecule has 1 aromatic heterocycles. The van der Waals surface area contributed by atoms with Crippen molar-refractivity contribution in [3.05, 3.63) is 69.8 Å². The van der Waals surface area contributed by atoms with E-state index in [1.165, 1.54) is 10.9 Å². The van der Waals surface area contributed by atoms with Crippen LogP contribution in [-0.2, 0) is 6.42 Å². The highest BCUT2D eigenvalue weighted by Crippen LogP contribution is 2.22. The molecule has 3 N–H and O–H groups in total. The summed E-state index contributed by atoms with van der Waals surface area (Å²) in [5.74, 6) is 0. The maximum Gasteiger partial charge on any atom is 0.315 e. The van der Waals surface area contributed by atoms with E-state index in [-0.39, 0.29) is 12.1 Å². The van der Waals surface area contributed by atoms with Crippen LogP contribution in [0.25, 0.3) is 10.9 Å². The minimum Gasteiger partial charge on any atom is -0.358 e. The van der Waals surface area contributed by atoms with Gasteiger partial charge in [-0.2, -0.15) is 0 Å². The molecule has 0 bridgehead atoms. The van der Waals surface area contributed by atoms with Crippen LogP contribution >= 0.6 is 15.9 Å². The molecule has 2 amide bonds. The zero-order chi connectivity index (χ0) is 17.8. The van der Waals surface area contributed by atoms with E-state index in [0.717, 1.165) is 27.7 Å². The van der Waals surface area contributed by atoms with E-state index in [1.807, 2.05) is 43.3 Å². The summed E-state index contributed by atoms with van der Waals surface area (Å²) in [6, 6.07) is 16.0. The lowest BCUT2D eigenvalue weighted by Gasteiger charge is -2.15. The summed E-state index contributed by atoms with van der Waals surface area (Å²) in [5.41, 5.74) is 4.63. The summed E-state index contributed by atoms with van der Waals surface area (Å²) in [6.45, 7) is 4.65. The van der Waals surface area contributed by atoms with Crippen LogP contribution in [0, 0.1) is 6.92 Å². The minimum absolute atomic E-state index is 0.0488. The highest BCUT2D eigenvalue weighted by Gasteiger charge is 2.11. The van der Waals surface area contributed by atoms with E-state index in [4.69, 9.17) is 0 Å². The summed E-state index contributed by atoms with van der Waals surface area (Å²) in [6.07, 6.45) is 0.800. The molecule has 0 aliphatic carbocycles. The van der Waals surface area contributed by atoms with E-state index in [0.29, 0.717) is 6.54 Å². The van der Waals surface area contributed by atoms with Crippen molar-refractivity contribution in [2.24, 2.45) is 0 Å². The number of benzene rings is 2. The third-order valence-electron chi connectivity index (χ3n) is 4.38. The van der Waals surface area contributed by atoms with Gasteiger partial charge in [0.05, 0.1) is 6.04 Å². The topological polar surface area (TPSA) is 56.9 Å². The van der Waals surface area contributed by atoms with Gasteiger partial charge < -0.3 is 15.6 Å². The van der Waals surface area contributed by atoms with Crippen LogP contribution in [-0.4, -0.2) is 17.6 Å². The van der Waals surface area contributed by atoms with Gasteiger partial charge in [0.15, 0.2) is 0 Å². The molecule has 3 rings (SSSR count). The number of amides is 2. The van der Waals surface area contributed by atoms with Crippen LogP contribution in [0.5, 0.6) is 0 Å². The third kappa shape index (κ3) is 4.23. The molecular weight excluding hydrogens is 378 g/mol. The number of aromatic nitrogens is 1. The maximum atomic E-state index is 12.1. The van der Waals surface area contributed by atoms with Crippen molar-refractivity contribution in [3.8, 4) is 0 Å². The third-order valence-corrected chi connectivity index (χ3v) is 4.88. The molecular formula is C20H22BrN3O. The fourth-order valence-corrected chi connectivity index (χ4v) is 3.48. The predicted octanol–water partition coefficient (Wildman–Crippen LogP) is 4.84. The first-order chi connectivity index (χ1) is 12.0. The number of fused-ring (bicyclic) bond motifs is 1. The number of aryl methyl sites for hydroxylation is 1. The molecule has 1 atom stereocenters. The lowest BCUT2D eigenvalue weighted by atomic mass is 10.1. The zero-order valence-electron chi connectivity index (χ0n) is 14.4. The Balaban J connectivity index is 1.55. The van der Waals surface area contributed by atoms with Crippen molar-refractivity contribution in [2.45, 2.75) is 26.3 Å². The number of nitrogens with one attached hydrogen (secondary N) is 3. The SMILES string of the molecule is Cc1[nH]c2ccccc2c1CCNC(=O)NC(C)c1cccc(Br)c1. The zero-order valence-corrected chi connectivity index (χ0v) is 16.0. The second-order valence-electron chi connectivity index (χ2n) is 6.20. The molecule has 0 spiro atoms. The molecule has 5 heteroatoms. The fraction of sp³-hybridized carbons (Fsp3) is 0.250. The van der Waals surface area contributed by atoms with E-state index in [9.17, 15) is 4.79 Å². The van der Waals surface area contributed by atoms with E-state index in [1.54, 1.807) is 0 Å². The van der Waals surface area contributed by atoms with Gasteiger partial charge in [-0.3, -0.25) is 0 Å². The van der Waals surface area contributed by atoms with Gasteiger partial charge in [-0.25, -0.2) is 4.79 Å². The first-order valence-electron chi connectivity index (χ1n) is 8.40. The van der Waals surface area contributed by atoms with Crippen molar-refractivity contribution in [2.75, 3.05) is 6.54 Å². The van der Waals surface area contributed by atoms with E-state index >= 15 is 0 Å². The highest BCUT2D eigenvalue weighted by molar-refractivity contribution is 9.10. The number of rotatable bonds is 5. The normalized spacial score (nSPS) is 12.1. The molecule has 25 heavy (non-hydrogen) atoms. The summed E-state index contributed by atoms with van der Waals surface area (Å²) in [5, 5.41) is 7.16. The molecule has 4 nitrogen and oxygen atoms in total. The predicted molar refractivity (Wildman–Crippen MR) is 106 cm³/mol. The second kappa shape index (κ2) is 7.74. The van der Waals surface area contributed by atoms with Gasteiger partial charge in [0.1, 0.15) is 0 Å². The molecule has 0 fully saturated rings. The highest BCUT2D eigenvalue weighted by atomic mass is 79.9. The monoisotopic (exact) mass is 399 g/mol. The van der Waals surface area contributed by atoms with Crippen LogP contribution in [0.4, 0.5) is 4.79 Å². The average Bonchev–Trinajstić information content (AvgIpc) is 2.90. The number of halogens is 1. The van der Waals surface area contributed by atoms with Crippen molar-refractivity contribution >= 4 is 32.9 Å². The van der Waals surface area contributed by atoms with Crippen molar-refractivity contribution < 1.29 is 4.79 Å². The maximum absolute atomic E-state index is 12.1. The van der Waals surface area contributed by atoms with Crippen LogP contribution in [0.2, 0.25) is 0 Å². The number of hydrogen-bond donors (Lipinski definition) is 3. The Hall–Kier alpha value is -2.27. The van der Waals surface area contributed by atoms with E-state index in [2.05, 4.69) is 50.6 Å². The number of aromatic amines is 1. The van der Waals surface area contributed by atoms with Gasteiger partial charge in [0.2, 0.25) is 0 Å². The molecule has 0 saturated carbocycles. The average molecular weight is 400 g/mol. The summed E-state index contributed by atoms with van der Waals surface area (Å²) in [7, 11) is 0. The number of carbonyl (C=O) groups is 1. The van der Waals surface area contributed by atoms with Crippen LogP contribution in [0.3, 0.4) is 0 Å². The Labute approximate surface area is 156 Å².